The van der Waals surface area contributed by atoms with Crippen LogP contribution in [0.1, 0.15) is 110 Å². The van der Waals surface area contributed by atoms with Crippen LogP contribution >= 0.6 is 22.6 Å². The van der Waals surface area contributed by atoms with Crippen molar-refractivity contribution >= 4 is 56.7 Å². The number of nitrogens with zero attached hydrogens (tertiary/aromatic N) is 7. The topological polar surface area (TPSA) is 182 Å². The van der Waals surface area contributed by atoms with Crippen LogP contribution < -0.4 is 10.1 Å². The predicted octanol–water partition coefficient (Wildman–Crippen LogP) is 6.24. The second-order valence-corrected chi connectivity index (χ2v) is 16.7. The molecular formula is C43H54IN9O5. The molecule has 0 radical (unpaired) electrons. The van der Waals surface area contributed by atoms with E-state index in [0.29, 0.717) is 67.2 Å². The molecule has 2 fully saturated rings. The summed E-state index contributed by atoms with van der Waals surface area (Å²) < 4.78 is 8.01. The van der Waals surface area contributed by atoms with Crippen molar-refractivity contribution in [1.29, 1.82) is 5.26 Å². The number of nitrogens with one attached hydrogen (secondary N) is 2. The minimum atomic E-state index is -0.701. The van der Waals surface area contributed by atoms with Crippen LogP contribution in [0.4, 0.5) is 0 Å². The molecule has 6 rings (SSSR count). The van der Waals surface area contributed by atoms with Crippen LogP contribution in [0.2, 0.25) is 0 Å². The van der Waals surface area contributed by atoms with E-state index in [2.05, 4.69) is 91.8 Å². The van der Waals surface area contributed by atoms with Gasteiger partial charge in [-0.3, -0.25) is 19.3 Å². The normalized spacial score (nSPS) is 17.8. The number of Topliss-reactive ketones (excluding diaryl/α,β-unsaturated/α-hetero) is 1. The van der Waals surface area contributed by atoms with Gasteiger partial charge in [0.2, 0.25) is 5.82 Å². The van der Waals surface area contributed by atoms with Gasteiger partial charge in [0.05, 0.1) is 48.0 Å². The number of methoxy groups -OCH3 is 1. The summed E-state index contributed by atoms with van der Waals surface area (Å²) in [6.07, 6.45) is 11.5. The number of aromatic nitrogens is 5. The van der Waals surface area contributed by atoms with E-state index in [4.69, 9.17) is 4.74 Å². The van der Waals surface area contributed by atoms with Crippen molar-refractivity contribution in [3.63, 3.8) is 0 Å². The number of aliphatic hydroxyl groups is 1. The highest BCUT2D eigenvalue weighted by molar-refractivity contribution is 14.1. The van der Waals surface area contributed by atoms with Gasteiger partial charge >= 0.3 is 0 Å². The number of alkyl halides is 1. The zero-order valence-electron chi connectivity index (χ0n) is 33.8. The number of carbonyl (C=O) groups is 3. The molecular weight excluding hydrogens is 849 g/mol. The van der Waals surface area contributed by atoms with Gasteiger partial charge in [0.1, 0.15) is 12.1 Å². The quantitative estimate of drug-likeness (QED) is 0.0274. The van der Waals surface area contributed by atoms with Gasteiger partial charge in [-0.1, -0.05) is 80.5 Å². The molecule has 1 unspecified atom stereocenters. The summed E-state index contributed by atoms with van der Waals surface area (Å²) in [7, 11) is 1.46. The van der Waals surface area contributed by atoms with E-state index >= 15 is 0 Å². The molecule has 15 heteroatoms. The van der Waals surface area contributed by atoms with E-state index in [9.17, 15) is 24.8 Å². The largest absolute Gasteiger partial charge is 0.494 e. The van der Waals surface area contributed by atoms with Gasteiger partial charge in [-0.05, 0) is 78.0 Å². The number of rotatable bonds is 17. The van der Waals surface area contributed by atoms with E-state index in [1.54, 1.807) is 0 Å². The number of likely N-dealkylation sites (tertiary alicyclic amines) is 2. The number of halogens is 1. The van der Waals surface area contributed by atoms with Crippen LogP contribution in [0.3, 0.4) is 0 Å². The number of amides is 2. The van der Waals surface area contributed by atoms with E-state index in [0.717, 1.165) is 47.8 Å². The molecule has 14 nitrogen and oxygen atoms in total. The Labute approximate surface area is 353 Å². The molecule has 2 aliphatic rings. The van der Waals surface area contributed by atoms with Crippen LogP contribution in [-0.2, 0) is 4.79 Å². The summed E-state index contributed by atoms with van der Waals surface area (Å²) in [5.41, 5.74) is 4.28. The molecule has 2 saturated heterocycles. The van der Waals surface area contributed by atoms with Crippen molar-refractivity contribution in [2.24, 2.45) is 5.92 Å². The molecule has 1 aromatic carbocycles. The maximum Gasteiger partial charge on any atom is 0.295 e. The molecule has 0 aliphatic carbocycles. The molecule has 58 heavy (non-hydrogen) atoms. The second-order valence-electron chi connectivity index (χ2n) is 15.6. The molecule has 3 atom stereocenters. The van der Waals surface area contributed by atoms with Crippen molar-refractivity contribution in [2.75, 3.05) is 44.3 Å². The maximum atomic E-state index is 13.9. The van der Waals surface area contributed by atoms with Gasteiger partial charge in [0.25, 0.3) is 17.6 Å². The summed E-state index contributed by atoms with van der Waals surface area (Å²) in [6.45, 7) is 8.88. The molecule has 2 amide bonds. The fourth-order valence-electron chi connectivity index (χ4n) is 8.34. The number of ketones is 1. The Balaban J connectivity index is 1.13. The number of fused-ring (bicyclic) bond motifs is 1. The van der Waals surface area contributed by atoms with Crippen molar-refractivity contribution < 1.29 is 24.2 Å². The fraction of sp³-hybridized carbons (Fsp3) is 0.512. The Hall–Kier alpha value is -4.66. The van der Waals surface area contributed by atoms with Gasteiger partial charge in [-0.25, -0.2) is 9.97 Å². The summed E-state index contributed by atoms with van der Waals surface area (Å²) in [6, 6.07) is 10.6. The number of aliphatic hydroxyl groups excluding tert-OH is 1. The van der Waals surface area contributed by atoms with Crippen LogP contribution in [0.25, 0.3) is 22.3 Å². The molecule has 0 spiro atoms. The first-order chi connectivity index (χ1) is 28.1. The monoisotopic (exact) mass is 903 g/mol. The van der Waals surface area contributed by atoms with Gasteiger partial charge in [-0.2, -0.15) is 9.94 Å². The number of hydrogen-bond acceptors (Lipinski definition) is 10. The molecule has 0 saturated carbocycles. The van der Waals surface area contributed by atoms with Crippen molar-refractivity contribution in [3.8, 4) is 17.6 Å². The number of hydrogen-bond donors (Lipinski definition) is 3. The lowest BCUT2D eigenvalue weighted by Crippen LogP contribution is -2.40. The average molecular weight is 904 g/mol. The van der Waals surface area contributed by atoms with Crippen LogP contribution in [0.5, 0.6) is 5.75 Å². The van der Waals surface area contributed by atoms with E-state index in [1.165, 1.54) is 47.4 Å². The Morgan fingerprint density at radius 1 is 1.12 bits per heavy atom. The molecule has 3 aromatic heterocycles. The number of benzene rings is 1. The molecule has 5 heterocycles. The Morgan fingerprint density at radius 2 is 1.88 bits per heavy atom. The average Bonchev–Trinajstić information content (AvgIpc) is 4.01. The third-order valence-corrected chi connectivity index (χ3v) is 12.3. The molecule has 4 aromatic rings. The SMILES string of the molecule is CCCCC(c1ccc(C(C#N)=C2CCN(C(=O)C(=O)c3c[nH]c4c(-n5cnc(C(=O)N[C@H]6C[C@@H](CO)N(CCCCI)C6)n5)ncc(OC)c34)CC2)cc1)C(C)C. The number of piperidine rings is 1. The van der Waals surface area contributed by atoms with Crippen molar-refractivity contribution in [1.82, 2.24) is 39.8 Å². The summed E-state index contributed by atoms with van der Waals surface area (Å²) >= 11 is 2.36. The molecule has 2 aliphatic heterocycles. The minimum absolute atomic E-state index is 0.00871. The summed E-state index contributed by atoms with van der Waals surface area (Å²) in [5, 5.41) is 27.9. The third-order valence-electron chi connectivity index (χ3n) is 11.5. The predicted molar refractivity (Wildman–Crippen MR) is 230 cm³/mol. The van der Waals surface area contributed by atoms with Gasteiger partial charge in [0, 0.05) is 37.9 Å². The zero-order valence-corrected chi connectivity index (χ0v) is 36.0. The second kappa shape index (κ2) is 19.9. The number of unbranched alkanes of at least 4 members (excludes halogenated alkanes) is 2. The Bertz CT molecular complexity index is 2140. The highest BCUT2D eigenvalue weighted by atomic mass is 127. The van der Waals surface area contributed by atoms with Gasteiger partial charge in [-0.15, -0.1) is 5.10 Å². The molecule has 3 N–H and O–H groups in total. The molecule has 0 bridgehead atoms. The lowest BCUT2D eigenvalue weighted by Gasteiger charge is -2.28. The van der Waals surface area contributed by atoms with Crippen molar-refractivity contribution in [3.05, 3.63) is 71.1 Å². The first-order valence-electron chi connectivity index (χ1n) is 20.4. The highest BCUT2D eigenvalue weighted by Crippen LogP contribution is 2.34. The van der Waals surface area contributed by atoms with E-state index in [1.807, 2.05) is 12.1 Å². The standard InChI is InChI=1S/C43H54IN9O5/c1-5-6-9-33(27(2)3)28-10-12-29(13-11-28)34(21-45)30-14-18-51(19-15-30)43(57)39(55)35-22-46-38-37(35)36(58-4)23-47-41(38)53-26-48-40(50-53)42(56)49-31-20-32(25-54)52(24-31)17-8-7-16-44/h10-13,22-23,26-27,31-33,46,54H,5-9,14-20,24-25H2,1-4H3,(H,49,56)/t31-,32-,33?/m0/s1. The lowest BCUT2D eigenvalue weighted by atomic mass is 9.83. The van der Waals surface area contributed by atoms with E-state index < -0.39 is 17.6 Å². The van der Waals surface area contributed by atoms with Crippen LogP contribution in [0, 0.1) is 17.2 Å². The molecule has 308 valence electrons. The maximum absolute atomic E-state index is 13.9. The summed E-state index contributed by atoms with van der Waals surface area (Å²) in [4.78, 5) is 56.4. The highest BCUT2D eigenvalue weighted by Gasteiger charge is 2.34. The third kappa shape index (κ3) is 9.45. The van der Waals surface area contributed by atoms with Crippen LogP contribution in [-0.4, -0.2) is 114 Å². The summed E-state index contributed by atoms with van der Waals surface area (Å²) in [5.74, 6) is -0.284. The van der Waals surface area contributed by atoms with Crippen LogP contribution in [0.15, 0.2) is 48.6 Å². The van der Waals surface area contributed by atoms with Gasteiger partial charge < -0.3 is 25.0 Å². The van der Waals surface area contributed by atoms with E-state index in [-0.39, 0.29) is 41.6 Å². The lowest BCUT2D eigenvalue weighted by molar-refractivity contribution is -0.126. The number of nitriles is 1. The first-order valence-corrected chi connectivity index (χ1v) is 21.9. The number of H-pyrrole nitrogens is 1. The number of pyridine rings is 1. The number of carbonyl (C=O) groups excluding carboxylic acids is 3. The van der Waals surface area contributed by atoms with Gasteiger partial charge in [0.15, 0.2) is 5.82 Å². The minimum Gasteiger partial charge on any atom is -0.494 e. The smallest absolute Gasteiger partial charge is 0.295 e. The Kier molecular flexibility index (Phi) is 14.7. The number of aromatic amines is 1. The Morgan fingerprint density at radius 3 is 2.53 bits per heavy atom. The number of ether oxygens (including phenoxy) is 1. The zero-order chi connectivity index (χ0) is 41.3. The first kappa shape index (κ1) is 42.9. The fourth-order valence-corrected chi connectivity index (χ4v) is 8.87. The number of allylic oxidation sites excluding steroid dienone is 1. The van der Waals surface area contributed by atoms with Crippen molar-refractivity contribution in [2.45, 2.75) is 90.1 Å².